The van der Waals surface area contributed by atoms with Crippen LogP contribution in [-0.2, 0) is 11.2 Å². The minimum Gasteiger partial charge on any atom is -0.491 e. The standard InChI is InChI=1S/C22H28N4O2/c1-14-7-6-8-15(2)22(14)28-12-11-23-21(27)10-9-19-17(4)24-20-13-16(3)25-26(20)18(19)5/h6-8,13H,9-12H2,1-5H3,(H,23,27). The van der Waals surface area contributed by atoms with Crippen molar-refractivity contribution in [2.75, 3.05) is 13.2 Å². The predicted octanol–water partition coefficient (Wildman–Crippen LogP) is 3.40. The average Bonchev–Trinajstić information content (AvgIpc) is 3.01. The van der Waals surface area contributed by atoms with Crippen LogP contribution in [0.15, 0.2) is 24.3 Å². The lowest BCUT2D eigenvalue weighted by Gasteiger charge is -2.13. The average molecular weight is 380 g/mol. The van der Waals surface area contributed by atoms with Crippen LogP contribution >= 0.6 is 0 Å². The molecule has 2 heterocycles. The van der Waals surface area contributed by atoms with Gasteiger partial charge in [-0.3, -0.25) is 4.79 Å². The quantitative estimate of drug-likeness (QED) is 0.638. The molecular formula is C22H28N4O2. The summed E-state index contributed by atoms with van der Waals surface area (Å²) in [4.78, 5) is 16.9. The Labute approximate surface area is 165 Å². The van der Waals surface area contributed by atoms with Gasteiger partial charge in [0.2, 0.25) is 5.91 Å². The zero-order valence-electron chi connectivity index (χ0n) is 17.3. The van der Waals surface area contributed by atoms with Gasteiger partial charge in [-0.05, 0) is 57.7 Å². The molecule has 0 fully saturated rings. The molecule has 0 aliphatic carbocycles. The number of hydrogen-bond donors (Lipinski definition) is 1. The van der Waals surface area contributed by atoms with Gasteiger partial charge in [0.25, 0.3) is 0 Å². The van der Waals surface area contributed by atoms with Crippen LogP contribution in [0.2, 0.25) is 0 Å². The van der Waals surface area contributed by atoms with Gasteiger partial charge >= 0.3 is 0 Å². The van der Waals surface area contributed by atoms with Crippen molar-refractivity contribution < 1.29 is 9.53 Å². The van der Waals surface area contributed by atoms with Gasteiger partial charge < -0.3 is 10.1 Å². The highest BCUT2D eigenvalue weighted by Crippen LogP contribution is 2.22. The third-order valence-corrected chi connectivity index (χ3v) is 4.97. The summed E-state index contributed by atoms with van der Waals surface area (Å²) in [6, 6.07) is 8.03. The highest BCUT2D eigenvalue weighted by atomic mass is 16.5. The second kappa shape index (κ2) is 8.42. The molecule has 0 saturated heterocycles. The number of amides is 1. The van der Waals surface area contributed by atoms with Crippen LogP contribution in [-0.4, -0.2) is 33.7 Å². The first-order valence-corrected chi connectivity index (χ1v) is 9.65. The number of nitrogens with one attached hydrogen (secondary N) is 1. The maximum Gasteiger partial charge on any atom is 0.220 e. The zero-order valence-corrected chi connectivity index (χ0v) is 17.3. The van der Waals surface area contributed by atoms with E-state index >= 15 is 0 Å². The third kappa shape index (κ3) is 4.32. The van der Waals surface area contributed by atoms with Crippen molar-refractivity contribution in [3.05, 3.63) is 58.0 Å². The number of carbonyl (C=O) groups excluding carboxylic acids is 1. The first kappa shape index (κ1) is 19.9. The van der Waals surface area contributed by atoms with Gasteiger partial charge in [0.05, 0.1) is 12.2 Å². The normalized spacial score (nSPS) is 11.0. The number of rotatable bonds is 7. The Balaban J connectivity index is 1.51. The van der Waals surface area contributed by atoms with Gasteiger partial charge in [0.15, 0.2) is 5.65 Å². The van der Waals surface area contributed by atoms with Gasteiger partial charge in [0, 0.05) is 23.9 Å². The fourth-order valence-corrected chi connectivity index (χ4v) is 3.50. The maximum atomic E-state index is 12.2. The minimum atomic E-state index is 0.0145. The molecule has 6 heteroatoms. The molecule has 0 saturated carbocycles. The van der Waals surface area contributed by atoms with E-state index in [1.165, 1.54) is 0 Å². The van der Waals surface area contributed by atoms with E-state index in [0.29, 0.717) is 26.0 Å². The van der Waals surface area contributed by atoms with Crippen molar-refractivity contribution in [3.8, 4) is 5.75 Å². The summed E-state index contributed by atoms with van der Waals surface area (Å²) >= 11 is 0. The minimum absolute atomic E-state index is 0.0145. The molecule has 0 bridgehead atoms. The topological polar surface area (TPSA) is 68.5 Å². The second-order valence-electron chi connectivity index (χ2n) is 7.24. The number of hydrogen-bond acceptors (Lipinski definition) is 4. The summed E-state index contributed by atoms with van der Waals surface area (Å²) in [5.74, 6) is 0.914. The molecule has 0 radical (unpaired) electrons. The van der Waals surface area contributed by atoms with Gasteiger partial charge in [-0.2, -0.15) is 5.10 Å². The molecule has 1 aromatic carbocycles. The van der Waals surface area contributed by atoms with E-state index in [1.54, 1.807) is 0 Å². The molecule has 2 aromatic heterocycles. The molecule has 148 valence electrons. The number of ether oxygens (including phenoxy) is 1. The van der Waals surface area contributed by atoms with Crippen molar-refractivity contribution in [2.45, 2.75) is 47.5 Å². The van der Waals surface area contributed by atoms with Crippen molar-refractivity contribution in [1.82, 2.24) is 19.9 Å². The summed E-state index contributed by atoms with van der Waals surface area (Å²) in [5, 5.41) is 7.42. The number of fused-ring (bicyclic) bond motifs is 1. The number of nitrogens with zero attached hydrogens (tertiary/aromatic N) is 3. The summed E-state index contributed by atoms with van der Waals surface area (Å²) in [6.07, 6.45) is 1.06. The van der Waals surface area contributed by atoms with Crippen LogP contribution in [0.25, 0.3) is 5.65 Å². The summed E-state index contributed by atoms with van der Waals surface area (Å²) in [5.41, 5.74) is 7.08. The molecule has 6 nitrogen and oxygen atoms in total. The van der Waals surface area contributed by atoms with Gasteiger partial charge in [0.1, 0.15) is 12.4 Å². The SMILES string of the molecule is Cc1cc2nc(C)c(CCC(=O)NCCOc3c(C)cccc3C)c(C)n2n1. The zero-order chi connectivity index (χ0) is 20.3. The van der Waals surface area contributed by atoms with Crippen LogP contribution in [0.1, 0.15) is 40.2 Å². The smallest absolute Gasteiger partial charge is 0.220 e. The molecule has 28 heavy (non-hydrogen) atoms. The fourth-order valence-electron chi connectivity index (χ4n) is 3.50. The highest BCUT2D eigenvalue weighted by molar-refractivity contribution is 5.76. The third-order valence-electron chi connectivity index (χ3n) is 4.97. The van der Waals surface area contributed by atoms with Crippen molar-refractivity contribution >= 4 is 11.6 Å². The number of carbonyl (C=O) groups is 1. The molecule has 0 unspecified atom stereocenters. The Hall–Kier alpha value is -2.89. The summed E-state index contributed by atoms with van der Waals surface area (Å²) in [7, 11) is 0. The van der Waals surface area contributed by atoms with Crippen molar-refractivity contribution in [2.24, 2.45) is 0 Å². The molecule has 0 atom stereocenters. The first-order valence-electron chi connectivity index (χ1n) is 9.65. The van der Waals surface area contributed by atoms with Crippen LogP contribution in [0.5, 0.6) is 5.75 Å². The predicted molar refractivity (Wildman–Crippen MR) is 110 cm³/mol. The van der Waals surface area contributed by atoms with Gasteiger partial charge in [-0.25, -0.2) is 9.50 Å². The molecule has 1 amide bonds. The largest absolute Gasteiger partial charge is 0.491 e. The molecule has 0 spiro atoms. The van der Waals surface area contributed by atoms with E-state index < -0.39 is 0 Å². The van der Waals surface area contributed by atoms with E-state index in [0.717, 1.165) is 45.2 Å². The molecule has 1 N–H and O–H groups in total. The number of para-hydroxylation sites is 1. The van der Waals surface area contributed by atoms with E-state index in [9.17, 15) is 4.79 Å². The lowest BCUT2D eigenvalue weighted by Crippen LogP contribution is -2.28. The number of benzene rings is 1. The summed E-state index contributed by atoms with van der Waals surface area (Å²) in [6.45, 7) is 11.0. The molecule has 3 rings (SSSR count). The van der Waals surface area contributed by atoms with Crippen LogP contribution in [0.3, 0.4) is 0 Å². The lowest BCUT2D eigenvalue weighted by molar-refractivity contribution is -0.121. The highest BCUT2D eigenvalue weighted by Gasteiger charge is 2.13. The summed E-state index contributed by atoms with van der Waals surface area (Å²) < 4.78 is 7.69. The Bertz CT molecular complexity index is 987. The van der Waals surface area contributed by atoms with E-state index in [4.69, 9.17) is 4.74 Å². The van der Waals surface area contributed by atoms with Gasteiger partial charge in [-0.15, -0.1) is 0 Å². The number of aromatic nitrogens is 3. The Kier molecular flexibility index (Phi) is 5.97. The Morgan fingerprint density at radius 1 is 1.14 bits per heavy atom. The van der Waals surface area contributed by atoms with E-state index in [1.807, 2.05) is 63.4 Å². The molecule has 0 aliphatic rings. The van der Waals surface area contributed by atoms with E-state index in [-0.39, 0.29) is 5.91 Å². The van der Waals surface area contributed by atoms with E-state index in [2.05, 4.69) is 15.4 Å². The fraction of sp³-hybridized carbons (Fsp3) is 0.409. The molecular weight excluding hydrogens is 352 g/mol. The maximum absolute atomic E-state index is 12.2. The van der Waals surface area contributed by atoms with Crippen LogP contribution < -0.4 is 10.1 Å². The molecule has 3 aromatic rings. The molecule has 0 aliphatic heterocycles. The second-order valence-corrected chi connectivity index (χ2v) is 7.24. The van der Waals surface area contributed by atoms with Crippen LogP contribution in [0.4, 0.5) is 0 Å². The Morgan fingerprint density at radius 2 is 1.86 bits per heavy atom. The van der Waals surface area contributed by atoms with Gasteiger partial charge in [-0.1, -0.05) is 18.2 Å². The Morgan fingerprint density at radius 3 is 2.57 bits per heavy atom. The lowest BCUT2D eigenvalue weighted by atomic mass is 10.1. The van der Waals surface area contributed by atoms with Crippen LogP contribution in [0, 0.1) is 34.6 Å². The van der Waals surface area contributed by atoms with Crippen molar-refractivity contribution in [3.63, 3.8) is 0 Å². The first-order chi connectivity index (χ1) is 13.4. The number of aryl methyl sites for hydroxylation is 5. The monoisotopic (exact) mass is 380 g/mol. The van der Waals surface area contributed by atoms with Crippen molar-refractivity contribution in [1.29, 1.82) is 0 Å².